The maximum Gasteiger partial charge on any atom is 0.388 e. The number of nitrogens with zero attached hydrogens (tertiary/aromatic N) is 1. The number of hydrogen-bond donors (Lipinski definition) is 0. The van der Waals surface area contributed by atoms with Crippen molar-refractivity contribution in [2.75, 3.05) is 13.2 Å². The van der Waals surface area contributed by atoms with Gasteiger partial charge in [0.2, 0.25) is 0 Å². The van der Waals surface area contributed by atoms with E-state index in [4.69, 9.17) is 0 Å². The van der Waals surface area contributed by atoms with Crippen LogP contribution >= 0.6 is 0 Å². The van der Waals surface area contributed by atoms with E-state index in [2.05, 4.69) is 4.18 Å². The molecule has 0 N–H and O–H groups in total. The summed E-state index contributed by atoms with van der Waals surface area (Å²) in [6.07, 6.45) is 1.03. The van der Waals surface area contributed by atoms with Crippen molar-refractivity contribution in [3.05, 3.63) is 0 Å². The Morgan fingerprint density at radius 3 is 2.67 bits per heavy atom. The Hall–Kier alpha value is -0.0500. The Balaban J connectivity index is 2.80. The highest BCUT2D eigenvalue weighted by atomic mass is 32.3. The van der Waals surface area contributed by atoms with E-state index >= 15 is 0 Å². The highest BCUT2D eigenvalue weighted by molar-refractivity contribution is 7.96. The van der Waals surface area contributed by atoms with E-state index in [1.165, 1.54) is 0 Å². The molecule has 1 rings (SSSR count). The SMILES string of the molecule is O=S1OCCCCN1S(=O)(=O)F. The molecule has 1 aliphatic rings. The van der Waals surface area contributed by atoms with Crippen LogP contribution in [0.4, 0.5) is 3.89 Å². The van der Waals surface area contributed by atoms with E-state index in [0.29, 0.717) is 12.8 Å². The molecule has 0 radical (unpaired) electrons. The number of rotatable bonds is 1. The van der Waals surface area contributed by atoms with Gasteiger partial charge in [-0.2, -0.15) is 8.42 Å². The monoisotopic (exact) mass is 217 g/mol. The molecule has 0 aromatic rings. The highest BCUT2D eigenvalue weighted by Crippen LogP contribution is 2.13. The van der Waals surface area contributed by atoms with E-state index in [9.17, 15) is 16.5 Å². The molecule has 8 heteroatoms. The van der Waals surface area contributed by atoms with Crippen molar-refractivity contribution in [2.24, 2.45) is 0 Å². The molecule has 0 bridgehead atoms. The van der Waals surface area contributed by atoms with E-state index in [-0.39, 0.29) is 16.9 Å². The molecule has 0 amide bonds. The Morgan fingerprint density at radius 1 is 1.42 bits per heavy atom. The fourth-order valence-electron chi connectivity index (χ4n) is 0.788. The molecule has 0 aromatic carbocycles. The molecule has 1 unspecified atom stereocenters. The van der Waals surface area contributed by atoms with Crippen molar-refractivity contribution < 1.29 is 20.7 Å². The molecule has 1 atom stereocenters. The van der Waals surface area contributed by atoms with Crippen molar-refractivity contribution in [3.63, 3.8) is 0 Å². The second kappa shape index (κ2) is 3.77. The van der Waals surface area contributed by atoms with Gasteiger partial charge in [-0.15, -0.1) is 0 Å². The van der Waals surface area contributed by atoms with Crippen molar-refractivity contribution in [2.45, 2.75) is 12.8 Å². The third-order valence-corrected chi connectivity index (χ3v) is 3.78. The second-order valence-corrected chi connectivity index (χ2v) is 4.82. The van der Waals surface area contributed by atoms with E-state index in [1.807, 2.05) is 0 Å². The third kappa shape index (κ3) is 2.47. The van der Waals surface area contributed by atoms with Gasteiger partial charge in [0.25, 0.3) is 11.3 Å². The van der Waals surface area contributed by atoms with Crippen LogP contribution in [0.15, 0.2) is 0 Å². The zero-order valence-electron chi connectivity index (χ0n) is 6.10. The molecule has 1 aliphatic heterocycles. The molecule has 5 nitrogen and oxygen atoms in total. The van der Waals surface area contributed by atoms with Crippen LogP contribution in [0.3, 0.4) is 0 Å². The highest BCUT2D eigenvalue weighted by Gasteiger charge is 2.29. The fourth-order valence-corrected chi connectivity index (χ4v) is 2.50. The van der Waals surface area contributed by atoms with Crippen LogP contribution in [0.1, 0.15) is 12.8 Å². The van der Waals surface area contributed by atoms with Crippen LogP contribution in [0.25, 0.3) is 0 Å². The van der Waals surface area contributed by atoms with Gasteiger partial charge in [0.05, 0.1) is 6.61 Å². The largest absolute Gasteiger partial charge is 0.388 e. The van der Waals surface area contributed by atoms with Crippen LogP contribution in [-0.2, 0) is 25.9 Å². The molecule has 1 saturated heterocycles. The van der Waals surface area contributed by atoms with Crippen LogP contribution in [-0.4, -0.2) is 29.5 Å². The van der Waals surface area contributed by atoms with Crippen LogP contribution in [0.2, 0.25) is 0 Å². The van der Waals surface area contributed by atoms with Gasteiger partial charge >= 0.3 is 10.4 Å². The van der Waals surface area contributed by atoms with E-state index in [0.717, 1.165) is 0 Å². The summed E-state index contributed by atoms with van der Waals surface area (Å²) in [6.45, 7) is 0.101. The minimum atomic E-state index is -4.89. The lowest BCUT2D eigenvalue weighted by atomic mass is 10.3. The van der Waals surface area contributed by atoms with Crippen molar-refractivity contribution in [1.29, 1.82) is 0 Å². The maximum atomic E-state index is 12.3. The first-order valence-corrected chi connectivity index (χ1v) is 5.66. The van der Waals surface area contributed by atoms with Gasteiger partial charge in [-0.3, -0.25) is 4.18 Å². The molecule has 0 spiro atoms. The van der Waals surface area contributed by atoms with Gasteiger partial charge in [0.15, 0.2) is 0 Å². The summed E-state index contributed by atoms with van der Waals surface area (Å²) < 4.78 is 48.6. The Kier molecular flexibility index (Phi) is 3.16. The van der Waals surface area contributed by atoms with Gasteiger partial charge in [-0.25, -0.2) is 4.21 Å². The standard InChI is InChI=1S/C4H8FNO4S2/c5-12(8,9)6-3-1-2-4-10-11(6)7/h1-4H2. The minimum Gasteiger partial charge on any atom is -0.277 e. The van der Waals surface area contributed by atoms with Crippen molar-refractivity contribution in [3.8, 4) is 0 Å². The lowest BCUT2D eigenvalue weighted by Crippen LogP contribution is -2.30. The predicted octanol–water partition coefficient (Wildman–Crippen LogP) is -0.108. The maximum absolute atomic E-state index is 12.3. The number of halogens is 1. The lowest BCUT2D eigenvalue weighted by molar-refractivity contribution is 0.340. The summed E-state index contributed by atoms with van der Waals surface area (Å²) >= 11 is -2.19. The van der Waals surface area contributed by atoms with Crippen LogP contribution in [0.5, 0.6) is 0 Å². The smallest absolute Gasteiger partial charge is 0.277 e. The molecular weight excluding hydrogens is 209 g/mol. The van der Waals surface area contributed by atoms with Crippen molar-refractivity contribution in [1.82, 2.24) is 3.71 Å². The second-order valence-electron chi connectivity index (χ2n) is 2.21. The first-order chi connectivity index (χ1) is 5.52. The quantitative estimate of drug-likeness (QED) is 0.575. The van der Waals surface area contributed by atoms with Gasteiger partial charge < -0.3 is 0 Å². The van der Waals surface area contributed by atoms with Gasteiger partial charge in [0, 0.05) is 6.54 Å². The first kappa shape index (κ1) is 10.0. The zero-order valence-corrected chi connectivity index (χ0v) is 7.74. The van der Waals surface area contributed by atoms with Gasteiger partial charge in [-0.05, 0) is 12.8 Å². The molecule has 0 saturated carbocycles. The molecule has 0 aliphatic carbocycles. The van der Waals surface area contributed by atoms with Crippen molar-refractivity contribution >= 4 is 21.7 Å². The topological polar surface area (TPSA) is 63.7 Å². The summed E-state index contributed by atoms with van der Waals surface area (Å²) in [5.41, 5.74) is 0. The van der Waals surface area contributed by atoms with Gasteiger partial charge in [-0.1, -0.05) is 7.60 Å². The third-order valence-electron chi connectivity index (χ3n) is 1.33. The fraction of sp³-hybridized carbons (Fsp3) is 1.00. The van der Waals surface area contributed by atoms with E-state index in [1.54, 1.807) is 0 Å². The minimum absolute atomic E-state index is 0.0918. The average molecular weight is 217 g/mol. The summed E-state index contributed by atoms with van der Waals surface area (Å²) in [5, 5.41) is 0. The summed E-state index contributed by atoms with van der Waals surface area (Å²) in [6, 6.07) is 0. The normalized spacial score (nSPS) is 28.2. The first-order valence-electron chi connectivity index (χ1n) is 3.29. The summed E-state index contributed by atoms with van der Waals surface area (Å²) in [5.74, 6) is 0. The summed E-state index contributed by atoms with van der Waals surface area (Å²) in [4.78, 5) is 0. The Morgan fingerprint density at radius 2 is 2.08 bits per heavy atom. The average Bonchev–Trinajstić information content (AvgIpc) is 2.11. The van der Waals surface area contributed by atoms with Gasteiger partial charge in [0.1, 0.15) is 0 Å². The molecule has 1 heterocycles. The molecular formula is C4H8FNO4S2. The van der Waals surface area contributed by atoms with Crippen LogP contribution in [0, 0.1) is 0 Å². The lowest BCUT2D eigenvalue weighted by Gasteiger charge is -2.10. The molecule has 0 aromatic heterocycles. The predicted molar refractivity (Wildman–Crippen MR) is 40.1 cm³/mol. The van der Waals surface area contributed by atoms with E-state index < -0.39 is 21.7 Å². The summed E-state index contributed by atoms with van der Waals surface area (Å²) in [7, 11) is -4.89. The number of hydrogen-bond acceptors (Lipinski definition) is 4. The molecule has 1 fully saturated rings. The molecule has 72 valence electrons. The Labute approximate surface area is 72.6 Å². The zero-order chi connectivity index (χ0) is 9.19. The Bertz CT molecular complexity index is 277. The van der Waals surface area contributed by atoms with Crippen LogP contribution < -0.4 is 0 Å². The molecule has 12 heavy (non-hydrogen) atoms.